The molecule has 0 rings (SSSR count). The van der Waals surface area contributed by atoms with Crippen molar-refractivity contribution in [1.29, 1.82) is 0 Å². The maximum Gasteiger partial charge on any atom is 0.469 e. The lowest BCUT2D eigenvalue weighted by Gasteiger charge is -2.22. The van der Waals surface area contributed by atoms with Gasteiger partial charge in [0, 0.05) is 6.42 Å². The van der Waals surface area contributed by atoms with Gasteiger partial charge < -0.3 is 20.2 Å². The summed E-state index contributed by atoms with van der Waals surface area (Å²) in [6, 6.07) is -0.904. The second-order valence-corrected chi connectivity index (χ2v) is 16.6. The number of phosphoric ester groups is 1. The van der Waals surface area contributed by atoms with Gasteiger partial charge in [-0.15, -0.1) is 0 Å². The molecule has 0 heterocycles. The van der Waals surface area contributed by atoms with Gasteiger partial charge in [0.05, 0.1) is 18.8 Å². The number of allylic oxidation sites excluding steroid dienone is 1. The van der Waals surface area contributed by atoms with Crippen LogP contribution in [0.2, 0.25) is 0 Å². The van der Waals surface area contributed by atoms with Gasteiger partial charge in [0.1, 0.15) is 0 Å². The molecular formula is C43H86NO6P. The number of hydrogen-bond donors (Lipinski definition) is 4. The first-order valence-electron chi connectivity index (χ1n) is 22.1. The van der Waals surface area contributed by atoms with Crippen molar-refractivity contribution in [2.24, 2.45) is 0 Å². The first kappa shape index (κ1) is 50.3. The molecule has 0 aromatic carbocycles. The lowest BCUT2D eigenvalue weighted by molar-refractivity contribution is -0.123. The smallest absolute Gasteiger partial charge is 0.387 e. The Kier molecular flexibility index (Phi) is 38.4. The number of rotatable bonds is 41. The molecule has 2 atom stereocenters. The van der Waals surface area contributed by atoms with E-state index in [-0.39, 0.29) is 5.91 Å². The van der Waals surface area contributed by atoms with E-state index in [0.717, 1.165) is 38.5 Å². The van der Waals surface area contributed by atoms with Crippen LogP contribution in [0.4, 0.5) is 0 Å². The minimum Gasteiger partial charge on any atom is -0.387 e. The van der Waals surface area contributed by atoms with Gasteiger partial charge in [0.25, 0.3) is 0 Å². The van der Waals surface area contributed by atoms with Crippen molar-refractivity contribution in [1.82, 2.24) is 5.32 Å². The van der Waals surface area contributed by atoms with Gasteiger partial charge in [-0.25, -0.2) is 4.57 Å². The molecule has 1 amide bonds. The molecule has 0 aliphatic rings. The van der Waals surface area contributed by atoms with Gasteiger partial charge in [-0.2, -0.15) is 0 Å². The summed E-state index contributed by atoms with van der Waals surface area (Å²) in [7, 11) is -4.71. The quantitative estimate of drug-likeness (QED) is 0.0281. The molecular weight excluding hydrogens is 657 g/mol. The average molecular weight is 744 g/mol. The third kappa shape index (κ3) is 40.3. The van der Waals surface area contributed by atoms with Crippen LogP contribution < -0.4 is 5.32 Å². The molecule has 0 aliphatic heterocycles. The molecule has 304 valence electrons. The van der Waals surface area contributed by atoms with E-state index < -0.39 is 26.6 Å². The fourth-order valence-corrected chi connectivity index (χ4v) is 7.23. The highest BCUT2D eigenvalue weighted by atomic mass is 31.2. The normalized spacial score (nSPS) is 13.3. The molecule has 51 heavy (non-hydrogen) atoms. The van der Waals surface area contributed by atoms with Gasteiger partial charge in [-0.3, -0.25) is 9.32 Å². The molecule has 0 aromatic rings. The zero-order valence-electron chi connectivity index (χ0n) is 33.8. The number of hydrogen-bond acceptors (Lipinski definition) is 4. The highest BCUT2D eigenvalue weighted by Crippen LogP contribution is 2.35. The Morgan fingerprint density at radius 3 is 1.20 bits per heavy atom. The fourth-order valence-electron chi connectivity index (χ4n) is 6.87. The average Bonchev–Trinajstić information content (AvgIpc) is 3.10. The van der Waals surface area contributed by atoms with Crippen LogP contribution in [-0.2, 0) is 13.9 Å². The Labute approximate surface area is 316 Å². The molecule has 0 aliphatic carbocycles. The lowest BCUT2D eigenvalue weighted by Crippen LogP contribution is -2.45. The van der Waals surface area contributed by atoms with E-state index in [1.165, 1.54) is 180 Å². The van der Waals surface area contributed by atoms with Crippen molar-refractivity contribution in [3.8, 4) is 0 Å². The summed E-state index contributed by atoms with van der Waals surface area (Å²) in [4.78, 5) is 30.8. The summed E-state index contributed by atoms with van der Waals surface area (Å²) in [5.41, 5.74) is 0. The topological polar surface area (TPSA) is 116 Å². The van der Waals surface area contributed by atoms with Gasteiger partial charge in [-0.1, -0.05) is 225 Å². The number of unbranched alkanes of at least 4 members (excludes halogenated alkanes) is 32. The standard InChI is InChI=1S/C43H86NO6P/c1-3-5-7-9-11-13-15-16-17-18-19-20-21-22-23-24-25-26-27-29-31-33-35-37-39-43(46)44-41(40-50-51(47,48)49)42(45)38-36-34-32-30-28-14-12-10-8-6-4-2/h36,38,41-42,45H,3-35,37,39-40H2,1-2H3,(H,44,46)(H2,47,48,49)/b38-36+/t41-,42+/m0/s1. The Morgan fingerprint density at radius 2 is 0.863 bits per heavy atom. The number of nitrogens with one attached hydrogen (secondary N) is 1. The van der Waals surface area contributed by atoms with E-state index in [0.29, 0.717) is 6.42 Å². The summed E-state index contributed by atoms with van der Waals surface area (Å²) < 4.78 is 15.9. The van der Waals surface area contributed by atoms with Crippen LogP contribution in [0.1, 0.15) is 239 Å². The molecule has 0 bridgehead atoms. The van der Waals surface area contributed by atoms with E-state index >= 15 is 0 Å². The van der Waals surface area contributed by atoms with E-state index in [4.69, 9.17) is 9.79 Å². The summed E-state index contributed by atoms with van der Waals surface area (Å²) in [6.07, 6.45) is 46.8. The predicted octanol–water partition coefficient (Wildman–Crippen LogP) is 13.2. The van der Waals surface area contributed by atoms with Crippen molar-refractivity contribution >= 4 is 13.7 Å². The van der Waals surface area contributed by atoms with Crippen LogP contribution in [-0.4, -0.2) is 39.6 Å². The summed E-state index contributed by atoms with van der Waals surface area (Å²) >= 11 is 0. The zero-order valence-corrected chi connectivity index (χ0v) is 34.7. The number of carbonyl (C=O) groups excluding carboxylic acids is 1. The summed E-state index contributed by atoms with van der Waals surface area (Å²) in [5, 5.41) is 13.4. The maximum atomic E-state index is 12.6. The SMILES string of the molecule is CCCCCCCCCCC/C=C/[C@@H](O)[C@H](COP(=O)(O)O)NC(=O)CCCCCCCCCCCCCCCCCCCCCCCCCC. The maximum absolute atomic E-state index is 12.6. The Hall–Kier alpha value is -0.720. The summed E-state index contributed by atoms with van der Waals surface area (Å²) in [5.74, 6) is -0.223. The Balaban J connectivity index is 3.78. The molecule has 0 unspecified atom stereocenters. The molecule has 0 spiro atoms. The largest absolute Gasteiger partial charge is 0.469 e. The van der Waals surface area contributed by atoms with Crippen molar-refractivity contribution in [3.63, 3.8) is 0 Å². The van der Waals surface area contributed by atoms with Crippen LogP contribution >= 0.6 is 7.82 Å². The number of carbonyl (C=O) groups is 1. The molecule has 0 saturated carbocycles. The van der Waals surface area contributed by atoms with Crippen LogP contribution in [0.3, 0.4) is 0 Å². The number of phosphoric acid groups is 1. The molecule has 7 nitrogen and oxygen atoms in total. The number of amides is 1. The first-order valence-corrected chi connectivity index (χ1v) is 23.7. The van der Waals surface area contributed by atoms with E-state index in [9.17, 15) is 14.5 Å². The molecule has 0 aromatic heterocycles. The molecule has 0 fully saturated rings. The first-order chi connectivity index (χ1) is 24.8. The monoisotopic (exact) mass is 744 g/mol. The Bertz CT molecular complexity index is 803. The third-order valence-electron chi connectivity index (χ3n) is 10.2. The van der Waals surface area contributed by atoms with E-state index in [1.54, 1.807) is 6.08 Å². The van der Waals surface area contributed by atoms with E-state index in [2.05, 4.69) is 23.7 Å². The second-order valence-electron chi connectivity index (χ2n) is 15.4. The lowest BCUT2D eigenvalue weighted by atomic mass is 10.0. The second kappa shape index (κ2) is 39.0. The van der Waals surface area contributed by atoms with Crippen molar-refractivity contribution in [3.05, 3.63) is 12.2 Å². The molecule has 8 heteroatoms. The molecule has 0 saturated heterocycles. The van der Waals surface area contributed by atoms with Gasteiger partial charge in [-0.05, 0) is 19.3 Å². The van der Waals surface area contributed by atoms with Crippen LogP contribution in [0.15, 0.2) is 12.2 Å². The van der Waals surface area contributed by atoms with Gasteiger partial charge >= 0.3 is 7.82 Å². The minimum atomic E-state index is -4.71. The highest BCUT2D eigenvalue weighted by Gasteiger charge is 2.24. The third-order valence-corrected chi connectivity index (χ3v) is 10.7. The molecule has 0 radical (unpaired) electrons. The van der Waals surface area contributed by atoms with Crippen LogP contribution in [0.25, 0.3) is 0 Å². The van der Waals surface area contributed by atoms with Crippen LogP contribution in [0, 0.1) is 0 Å². The number of aliphatic hydroxyl groups excluding tert-OH is 1. The van der Waals surface area contributed by atoms with Gasteiger partial charge in [0.15, 0.2) is 0 Å². The minimum absolute atomic E-state index is 0.223. The van der Waals surface area contributed by atoms with Crippen LogP contribution in [0.5, 0.6) is 0 Å². The zero-order chi connectivity index (χ0) is 37.5. The van der Waals surface area contributed by atoms with E-state index in [1.807, 2.05) is 6.08 Å². The number of aliphatic hydroxyl groups is 1. The van der Waals surface area contributed by atoms with Crippen molar-refractivity contribution in [2.75, 3.05) is 6.61 Å². The molecule has 4 N–H and O–H groups in total. The predicted molar refractivity (Wildman–Crippen MR) is 218 cm³/mol. The van der Waals surface area contributed by atoms with Crippen molar-refractivity contribution < 1.29 is 28.8 Å². The van der Waals surface area contributed by atoms with Crippen molar-refractivity contribution in [2.45, 2.75) is 251 Å². The van der Waals surface area contributed by atoms with Gasteiger partial charge in [0.2, 0.25) is 5.91 Å². The highest BCUT2D eigenvalue weighted by molar-refractivity contribution is 7.46. The summed E-state index contributed by atoms with van der Waals surface area (Å²) in [6.45, 7) is 4.07. The Morgan fingerprint density at radius 1 is 0.549 bits per heavy atom. The fraction of sp³-hybridized carbons (Fsp3) is 0.930.